The summed E-state index contributed by atoms with van der Waals surface area (Å²) >= 11 is 0. The number of carbonyl (C=O) groups is 4. The van der Waals surface area contributed by atoms with Crippen LogP contribution in [0.15, 0.2) is 81.5 Å². The Labute approximate surface area is 328 Å². The highest BCUT2D eigenvalue weighted by Crippen LogP contribution is 2.21. The standard InChI is InChI=1S/C17H28O2.C16H28O.C16H26O/c1-14(2)7-5-8-15(3)10-11-17(13-19)16(4)9-6-12-18;2*1-14(2)8-5-9-15(3)10-6-11-16(4)12-7-13-17/h7,10,12-13,16-17H,5-6,8-9,11H2,1-4H3;8,11,13,15H,5-7,9-10,12H2,1-4H3;8,10-11,13H,5-7,9,12H2,1-4H3/b15-10+;16-11+;15-10+,16-11+. The summed E-state index contributed by atoms with van der Waals surface area (Å²) in [6.45, 7) is 25.7. The summed E-state index contributed by atoms with van der Waals surface area (Å²) < 4.78 is 0. The van der Waals surface area contributed by atoms with Crippen LogP contribution in [0.25, 0.3) is 0 Å². The van der Waals surface area contributed by atoms with Gasteiger partial charge in [0.15, 0.2) is 0 Å². The largest absolute Gasteiger partial charge is 0.303 e. The summed E-state index contributed by atoms with van der Waals surface area (Å²) in [5, 5.41) is 0. The van der Waals surface area contributed by atoms with Gasteiger partial charge >= 0.3 is 0 Å². The van der Waals surface area contributed by atoms with E-state index in [1.165, 1.54) is 58.3 Å². The van der Waals surface area contributed by atoms with E-state index in [4.69, 9.17) is 0 Å². The highest BCUT2D eigenvalue weighted by atomic mass is 16.1. The van der Waals surface area contributed by atoms with Gasteiger partial charge in [-0.15, -0.1) is 0 Å². The van der Waals surface area contributed by atoms with Gasteiger partial charge < -0.3 is 19.2 Å². The molecule has 0 fully saturated rings. The van der Waals surface area contributed by atoms with Gasteiger partial charge in [0.2, 0.25) is 0 Å². The van der Waals surface area contributed by atoms with Crippen molar-refractivity contribution in [1.82, 2.24) is 0 Å². The van der Waals surface area contributed by atoms with Crippen molar-refractivity contribution in [2.24, 2.45) is 17.8 Å². The molecule has 0 N–H and O–H groups in total. The molecule has 0 aliphatic heterocycles. The normalized spacial score (nSPS) is 13.5. The third kappa shape index (κ3) is 43.2. The fraction of sp³-hybridized carbons (Fsp3) is 0.633. The molecule has 0 spiro atoms. The molecule has 0 bridgehead atoms. The van der Waals surface area contributed by atoms with Gasteiger partial charge in [-0.1, -0.05) is 95.4 Å². The summed E-state index contributed by atoms with van der Waals surface area (Å²) in [6.07, 6.45) is 35.3. The fourth-order valence-corrected chi connectivity index (χ4v) is 5.34. The Balaban J connectivity index is -0.000000709. The second-order valence-electron chi connectivity index (χ2n) is 15.8. The fourth-order valence-electron chi connectivity index (χ4n) is 5.34. The van der Waals surface area contributed by atoms with Crippen LogP contribution >= 0.6 is 0 Å². The minimum atomic E-state index is 0.0401. The smallest absolute Gasteiger partial charge is 0.123 e. The van der Waals surface area contributed by atoms with Crippen LogP contribution in [0.1, 0.15) is 186 Å². The molecule has 0 amide bonds. The lowest BCUT2D eigenvalue weighted by Gasteiger charge is -2.16. The van der Waals surface area contributed by atoms with Gasteiger partial charge in [-0.05, 0) is 165 Å². The van der Waals surface area contributed by atoms with E-state index in [0.29, 0.717) is 19.3 Å². The van der Waals surface area contributed by atoms with Crippen molar-refractivity contribution in [3.8, 4) is 0 Å². The summed E-state index contributed by atoms with van der Waals surface area (Å²) in [5.74, 6) is 1.11. The van der Waals surface area contributed by atoms with Crippen LogP contribution in [0.5, 0.6) is 0 Å². The van der Waals surface area contributed by atoms with Crippen LogP contribution in [-0.4, -0.2) is 25.1 Å². The zero-order valence-corrected chi connectivity index (χ0v) is 36.5. The Morgan fingerprint density at radius 2 is 0.792 bits per heavy atom. The predicted octanol–water partition coefficient (Wildman–Crippen LogP) is 14.6. The van der Waals surface area contributed by atoms with E-state index in [2.05, 4.69) is 126 Å². The zero-order valence-electron chi connectivity index (χ0n) is 36.5. The first-order valence-corrected chi connectivity index (χ1v) is 20.4. The molecule has 0 saturated heterocycles. The highest BCUT2D eigenvalue weighted by molar-refractivity contribution is 5.55. The molecule has 0 aromatic rings. The average molecular weight is 735 g/mol. The number of hydrogen-bond acceptors (Lipinski definition) is 4. The van der Waals surface area contributed by atoms with Gasteiger partial charge in [0.25, 0.3) is 0 Å². The van der Waals surface area contributed by atoms with Gasteiger partial charge in [-0.25, -0.2) is 0 Å². The molecular weight excluding hydrogens is 653 g/mol. The molecule has 0 saturated carbocycles. The van der Waals surface area contributed by atoms with Crippen molar-refractivity contribution < 1.29 is 19.2 Å². The van der Waals surface area contributed by atoms with Crippen molar-refractivity contribution >= 4 is 25.1 Å². The van der Waals surface area contributed by atoms with Gasteiger partial charge in [-0.2, -0.15) is 0 Å². The second-order valence-corrected chi connectivity index (χ2v) is 15.8. The first-order valence-electron chi connectivity index (χ1n) is 20.4. The molecule has 0 rings (SSSR count). The van der Waals surface area contributed by atoms with E-state index in [1.54, 1.807) is 0 Å². The molecule has 0 aromatic heterocycles. The van der Waals surface area contributed by atoms with Crippen LogP contribution in [0.4, 0.5) is 0 Å². The molecule has 0 aliphatic rings. The number of carbonyl (C=O) groups excluding carboxylic acids is 4. The third-order valence-corrected chi connectivity index (χ3v) is 9.18. The Hall–Kier alpha value is -3.14. The van der Waals surface area contributed by atoms with Crippen LogP contribution in [0, 0.1) is 17.8 Å². The quantitative estimate of drug-likeness (QED) is 0.0622. The number of allylic oxidation sites excluding steroid dienone is 14. The third-order valence-electron chi connectivity index (χ3n) is 9.18. The molecule has 4 nitrogen and oxygen atoms in total. The molecule has 0 aromatic carbocycles. The predicted molar refractivity (Wildman–Crippen MR) is 233 cm³/mol. The maximum absolute atomic E-state index is 11.1. The first kappa shape index (κ1) is 54.2. The minimum Gasteiger partial charge on any atom is -0.303 e. The summed E-state index contributed by atoms with van der Waals surface area (Å²) in [7, 11) is 0. The molecule has 3 unspecified atom stereocenters. The summed E-state index contributed by atoms with van der Waals surface area (Å²) in [4.78, 5) is 41.9. The molecule has 302 valence electrons. The number of aldehydes is 4. The van der Waals surface area contributed by atoms with E-state index >= 15 is 0 Å². The molecule has 0 heterocycles. The Morgan fingerprint density at radius 1 is 0.415 bits per heavy atom. The van der Waals surface area contributed by atoms with Gasteiger partial charge in [0.05, 0.1) is 0 Å². The molecular formula is C49H82O4. The molecule has 4 heteroatoms. The summed E-state index contributed by atoms with van der Waals surface area (Å²) in [5.41, 5.74) is 9.61. The van der Waals surface area contributed by atoms with Crippen molar-refractivity contribution in [3.05, 3.63) is 81.5 Å². The lowest BCUT2D eigenvalue weighted by atomic mass is 9.88. The highest BCUT2D eigenvalue weighted by Gasteiger charge is 2.14. The average Bonchev–Trinajstić information content (AvgIpc) is 3.09. The lowest BCUT2D eigenvalue weighted by molar-refractivity contribution is -0.113. The second kappa shape index (κ2) is 38.6. The lowest BCUT2D eigenvalue weighted by Crippen LogP contribution is -2.12. The van der Waals surface area contributed by atoms with Gasteiger partial charge in [-0.3, -0.25) is 0 Å². The molecule has 0 radical (unpaired) electrons. The van der Waals surface area contributed by atoms with Gasteiger partial charge in [0.1, 0.15) is 25.1 Å². The van der Waals surface area contributed by atoms with Crippen molar-refractivity contribution in [2.45, 2.75) is 186 Å². The van der Waals surface area contributed by atoms with Gasteiger partial charge in [0, 0.05) is 25.2 Å². The number of hydrogen-bond donors (Lipinski definition) is 0. The van der Waals surface area contributed by atoms with Crippen LogP contribution in [0.3, 0.4) is 0 Å². The van der Waals surface area contributed by atoms with Crippen molar-refractivity contribution in [3.63, 3.8) is 0 Å². The number of rotatable bonds is 27. The van der Waals surface area contributed by atoms with Crippen LogP contribution in [-0.2, 0) is 19.2 Å². The zero-order chi connectivity index (χ0) is 40.9. The van der Waals surface area contributed by atoms with Crippen LogP contribution in [0.2, 0.25) is 0 Å². The minimum absolute atomic E-state index is 0.0401. The van der Waals surface area contributed by atoms with E-state index in [-0.39, 0.29) is 11.8 Å². The Kier molecular flexibility index (Phi) is 39.5. The van der Waals surface area contributed by atoms with E-state index in [9.17, 15) is 19.2 Å². The Morgan fingerprint density at radius 3 is 1.21 bits per heavy atom. The first-order chi connectivity index (χ1) is 25.1. The maximum atomic E-state index is 11.1. The van der Waals surface area contributed by atoms with E-state index in [1.807, 2.05) is 0 Å². The van der Waals surface area contributed by atoms with E-state index < -0.39 is 0 Å². The van der Waals surface area contributed by atoms with Crippen LogP contribution < -0.4 is 0 Å². The Bertz CT molecular complexity index is 1170. The summed E-state index contributed by atoms with van der Waals surface area (Å²) in [6, 6.07) is 0. The maximum Gasteiger partial charge on any atom is 0.123 e. The van der Waals surface area contributed by atoms with Crippen molar-refractivity contribution in [2.75, 3.05) is 0 Å². The van der Waals surface area contributed by atoms with Crippen molar-refractivity contribution in [1.29, 1.82) is 0 Å². The van der Waals surface area contributed by atoms with E-state index in [0.717, 1.165) is 95.3 Å². The SMILES string of the molecule is CC(C)=CCC/C(C)=C/C/C=C(\C)CCC=O.CC(C)=CCC/C(C)=C/CC(C=O)C(C)CCC=O.CC(C)=CCCC(C)CC/C=C(\C)CCC=O. The molecule has 53 heavy (non-hydrogen) atoms. The monoisotopic (exact) mass is 735 g/mol. The molecule has 0 aliphatic carbocycles. The molecule has 3 atom stereocenters. The topological polar surface area (TPSA) is 68.3 Å².